The molecule has 17 heavy (non-hydrogen) atoms. The number of anilines is 1. The largest absolute Gasteiger partial charge is 0.308 e. The number of hydrogen-bond donors (Lipinski definition) is 1. The maximum absolute atomic E-state index is 11.0. The zero-order valence-corrected chi connectivity index (χ0v) is 11.0. The zero-order valence-electron chi connectivity index (χ0n) is 8.70. The van der Waals surface area contributed by atoms with Crippen molar-refractivity contribution >= 4 is 46.7 Å². The van der Waals surface area contributed by atoms with Crippen LogP contribution >= 0.6 is 34.9 Å². The van der Waals surface area contributed by atoms with E-state index in [1.165, 1.54) is 6.92 Å². The summed E-state index contributed by atoms with van der Waals surface area (Å²) in [5, 5.41) is 3.53. The van der Waals surface area contributed by atoms with E-state index in [1.807, 2.05) is 0 Å². The predicted molar refractivity (Wildman–Crippen MR) is 69.7 cm³/mol. The minimum Gasteiger partial charge on any atom is -0.308 e. The number of nitrogens with one attached hydrogen (secondary N) is 1. The van der Waals surface area contributed by atoms with E-state index in [0.717, 1.165) is 11.7 Å². The van der Waals surface area contributed by atoms with E-state index in [4.69, 9.17) is 23.2 Å². The van der Waals surface area contributed by atoms with Gasteiger partial charge in [-0.2, -0.15) is 8.75 Å². The first-order chi connectivity index (χ1) is 8.09. The van der Waals surface area contributed by atoms with Gasteiger partial charge in [-0.25, -0.2) is 0 Å². The Morgan fingerprint density at radius 3 is 2.53 bits per heavy atom. The van der Waals surface area contributed by atoms with Crippen LogP contribution in [0, 0.1) is 0 Å². The topological polar surface area (TPSA) is 54.9 Å². The van der Waals surface area contributed by atoms with Crippen LogP contribution in [0.25, 0.3) is 11.3 Å². The van der Waals surface area contributed by atoms with Gasteiger partial charge in [0.05, 0.1) is 21.8 Å². The van der Waals surface area contributed by atoms with Crippen LogP contribution in [0.3, 0.4) is 0 Å². The van der Waals surface area contributed by atoms with Crippen LogP contribution in [0.5, 0.6) is 0 Å². The lowest BCUT2D eigenvalue weighted by Crippen LogP contribution is -2.07. The highest BCUT2D eigenvalue weighted by Crippen LogP contribution is 2.37. The third-order valence-electron chi connectivity index (χ3n) is 1.98. The van der Waals surface area contributed by atoms with Crippen molar-refractivity contribution in [3.63, 3.8) is 0 Å². The maximum atomic E-state index is 11.0. The number of benzene rings is 1. The van der Waals surface area contributed by atoms with Crippen molar-refractivity contribution in [2.75, 3.05) is 5.32 Å². The van der Waals surface area contributed by atoms with Gasteiger partial charge in [-0.15, -0.1) is 0 Å². The van der Waals surface area contributed by atoms with Crippen molar-refractivity contribution < 1.29 is 4.79 Å². The SMILES string of the molecule is CC(=O)Nc1nsnc1-c1c(Cl)cccc1Cl. The molecule has 0 fully saturated rings. The van der Waals surface area contributed by atoms with Crippen LogP contribution in [0.1, 0.15) is 6.92 Å². The van der Waals surface area contributed by atoms with Gasteiger partial charge >= 0.3 is 0 Å². The minimum atomic E-state index is -0.220. The Kier molecular flexibility index (Phi) is 3.61. The van der Waals surface area contributed by atoms with Gasteiger partial charge in [-0.05, 0) is 12.1 Å². The average molecular weight is 288 g/mol. The van der Waals surface area contributed by atoms with E-state index >= 15 is 0 Å². The van der Waals surface area contributed by atoms with Crippen molar-refractivity contribution in [2.24, 2.45) is 0 Å². The number of rotatable bonds is 2. The Hall–Kier alpha value is -1.17. The predicted octanol–water partition coefficient (Wildman–Crippen LogP) is 3.47. The summed E-state index contributed by atoms with van der Waals surface area (Å²) in [5.41, 5.74) is 1.06. The molecule has 0 aliphatic carbocycles. The van der Waals surface area contributed by atoms with E-state index in [0.29, 0.717) is 27.1 Å². The summed E-state index contributed by atoms with van der Waals surface area (Å²) in [6.45, 7) is 1.40. The second-order valence-corrected chi connectivity index (χ2v) is 4.58. The quantitative estimate of drug-likeness (QED) is 0.920. The Bertz CT molecular complexity index is 550. The first kappa shape index (κ1) is 12.3. The summed E-state index contributed by atoms with van der Waals surface area (Å²) >= 11 is 13.1. The second-order valence-electron chi connectivity index (χ2n) is 3.24. The fourth-order valence-electron chi connectivity index (χ4n) is 1.33. The van der Waals surface area contributed by atoms with Crippen LogP contribution in [0.2, 0.25) is 10.0 Å². The fourth-order valence-corrected chi connectivity index (χ4v) is 2.42. The van der Waals surface area contributed by atoms with Gasteiger partial charge in [0, 0.05) is 12.5 Å². The first-order valence-corrected chi connectivity index (χ1v) is 6.12. The lowest BCUT2D eigenvalue weighted by atomic mass is 10.1. The van der Waals surface area contributed by atoms with Gasteiger partial charge in [0.2, 0.25) is 5.91 Å². The maximum Gasteiger partial charge on any atom is 0.222 e. The number of nitrogens with zero attached hydrogens (tertiary/aromatic N) is 2. The number of amides is 1. The van der Waals surface area contributed by atoms with Crippen molar-refractivity contribution in [2.45, 2.75) is 6.92 Å². The van der Waals surface area contributed by atoms with Gasteiger partial charge in [0.1, 0.15) is 5.69 Å². The number of carbonyl (C=O) groups excluding carboxylic acids is 1. The molecule has 1 N–H and O–H groups in total. The van der Waals surface area contributed by atoms with Crippen LogP contribution < -0.4 is 5.32 Å². The normalized spacial score (nSPS) is 10.3. The third-order valence-corrected chi connectivity index (χ3v) is 3.14. The average Bonchev–Trinajstić information content (AvgIpc) is 2.65. The molecule has 1 amide bonds. The molecule has 7 heteroatoms. The molecule has 0 unspecified atom stereocenters. The molecule has 0 saturated heterocycles. The van der Waals surface area contributed by atoms with Crippen LogP contribution in [-0.2, 0) is 4.79 Å². The lowest BCUT2D eigenvalue weighted by Gasteiger charge is -2.05. The molecule has 0 bridgehead atoms. The van der Waals surface area contributed by atoms with E-state index in [1.54, 1.807) is 18.2 Å². The molecule has 0 radical (unpaired) electrons. The molecule has 0 saturated carbocycles. The Balaban J connectivity index is 2.53. The van der Waals surface area contributed by atoms with E-state index in [9.17, 15) is 4.79 Å². The Morgan fingerprint density at radius 1 is 1.29 bits per heavy atom. The molecule has 2 rings (SSSR count). The van der Waals surface area contributed by atoms with Crippen LogP contribution in [-0.4, -0.2) is 14.7 Å². The molecular weight excluding hydrogens is 281 g/mol. The number of halogens is 2. The van der Waals surface area contributed by atoms with Crippen LogP contribution in [0.15, 0.2) is 18.2 Å². The van der Waals surface area contributed by atoms with Crippen molar-refractivity contribution in [3.8, 4) is 11.3 Å². The molecule has 0 aliphatic rings. The smallest absolute Gasteiger partial charge is 0.222 e. The monoisotopic (exact) mass is 287 g/mol. The zero-order chi connectivity index (χ0) is 12.4. The van der Waals surface area contributed by atoms with Crippen LogP contribution in [0.4, 0.5) is 5.82 Å². The van der Waals surface area contributed by atoms with E-state index < -0.39 is 0 Å². The molecule has 0 aliphatic heterocycles. The second kappa shape index (κ2) is 5.00. The fraction of sp³-hybridized carbons (Fsp3) is 0.100. The molecule has 0 spiro atoms. The molecule has 1 aromatic carbocycles. The highest BCUT2D eigenvalue weighted by Gasteiger charge is 2.17. The molecule has 0 atom stereocenters. The van der Waals surface area contributed by atoms with Gasteiger partial charge in [-0.1, -0.05) is 29.3 Å². The van der Waals surface area contributed by atoms with Crippen molar-refractivity contribution in [3.05, 3.63) is 28.2 Å². The Labute approximate surface area is 112 Å². The standard InChI is InChI=1S/C10H7Cl2N3OS/c1-5(16)13-10-9(14-17-15-10)8-6(11)3-2-4-7(8)12/h2-4H,1H3,(H,13,15,16). The highest BCUT2D eigenvalue weighted by atomic mass is 35.5. The summed E-state index contributed by atoms with van der Waals surface area (Å²) in [6.07, 6.45) is 0. The molecule has 88 valence electrons. The summed E-state index contributed by atoms with van der Waals surface area (Å²) < 4.78 is 8.10. The van der Waals surface area contributed by atoms with Gasteiger partial charge in [0.25, 0.3) is 0 Å². The number of aromatic nitrogens is 2. The number of hydrogen-bond acceptors (Lipinski definition) is 4. The highest BCUT2D eigenvalue weighted by molar-refractivity contribution is 6.99. The first-order valence-electron chi connectivity index (χ1n) is 4.64. The number of carbonyl (C=O) groups is 1. The van der Waals surface area contributed by atoms with Gasteiger partial charge in [-0.3, -0.25) is 4.79 Å². The van der Waals surface area contributed by atoms with E-state index in [2.05, 4.69) is 14.1 Å². The molecular formula is C10H7Cl2N3OS. The molecule has 1 heterocycles. The molecule has 2 aromatic rings. The molecule has 1 aromatic heterocycles. The van der Waals surface area contributed by atoms with Crippen molar-refractivity contribution in [1.29, 1.82) is 0 Å². The lowest BCUT2D eigenvalue weighted by molar-refractivity contribution is -0.114. The summed E-state index contributed by atoms with van der Waals surface area (Å²) in [7, 11) is 0. The summed E-state index contributed by atoms with van der Waals surface area (Å²) in [6, 6.07) is 5.16. The van der Waals surface area contributed by atoms with Crippen molar-refractivity contribution in [1.82, 2.24) is 8.75 Å². The summed E-state index contributed by atoms with van der Waals surface area (Å²) in [4.78, 5) is 11.0. The third kappa shape index (κ3) is 2.57. The molecule has 4 nitrogen and oxygen atoms in total. The van der Waals surface area contributed by atoms with Gasteiger partial charge < -0.3 is 5.32 Å². The van der Waals surface area contributed by atoms with E-state index in [-0.39, 0.29) is 5.91 Å². The summed E-state index contributed by atoms with van der Waals surface area (Å²) in [5.74, 6) is 0.152. The van der Waals surface area contributed by atoms with Gasteiger partial charge in [0.15, 0.2) is 5.82 Å². The minimum absolute atomic E-state index is 0.220. The Morgan fingerprint density at radius 2 is 1.94 bits per heavy atom.